The number of ether oxygens (including phenoxy) is 1. The van der Waals surface area contributed by atoms with Crippen LogP contribution >= 0.6 is 0 Å². The third-order valence-corrected chi connectivity index (χ3v) is 2.18. The minimum Gasteiger partial charge on any atom is -0.377 e. The van der Waals surface area contributed by atoms with Crippen molar-refractivity contribution in [1.29, 1.82) is 0 Å². The Labute approximate surface area is 96.8 Å². The second-order valence-electron chi connectivity index (χ2n) is 4.14. The molecule has 0 saturated heterocycles. The predicted octanol–water partition coefficient (Wildman–Crippen LogP) is 2.73. The van der Waals surface area contributed by atoms with Crippen LogP contribution in [0.15, 0.2) is 24.3 Å². The van der Waals surface area contributed by atoms with Gasteiger partial charge in [0.25, 0.3) is 0 Å². The lowest BCUT2D eigenvalue weighted by Gasteiger charge is -2.08. The highest BCUT2D eigenvalue weighted by Gasteiger charge is 1.96. The van der Waals surface area contributed by atoms with E-state index in [0.717, 1.165) is 18.5 Å². The van der Waals surface area contributed by atoms with Crippen LogP contribution in [0.3, 0.4) is 0 Å². The van der Waals surface area contributed by atoms with Gasteiger partial charge in [0.1, 0.15) is 5.82 Å². The summed E-state index contributed by atoms with van der Waals surface area (Å²) in [5, 5.41) is 3.31. The van der Waals surface area contributed by atoms with Gasteiger partial charge in [0, 0.05) is 12.6 Å². The molecule has 0 aliphatic rings. The average molecular weight is 225 g/mol. The van der Waals surface area contributed by atoms with Crippen LogP contribution < -0.4 is 5.32 Å². The zero-order chi connectivity index (χ0) is 11.8. The van der Waals surface area contributed by atoms with E-state index < -0.39 is 0 Å². The molecule has 90 valence electrons. The Morgan fingerprint density at radius 3 is 2.88 bits per heavy atom. The molecule has 0 saturated carbocycles. The highest BCUT2D eigenvalue weighted by atomic mass is 19.1. The van der Waals surface area contributed by atoms with Gasteiger partial charge in [-0.1, -0.05) is 26.0 Å². The van der Waals surface area contributed by atoms with E-state index in [1.807, 2.05) is 6.07 Å². The van der Waals surface area contributed by atoms with Crippen molar-refractivity contribution in [2.24, 2.45) is 0 Å². The van der Waals surface area contributed by atoms with Gasteiger partial charge in [-0.3, -0.25) is 0 Å². The largest absolute Gasteiger partial charge is 0.377 e. The van der Waals surface area contributed by atoms with Crippen LogP contribution in [0.25, 0.3) is 0 Å². The lowest BCUT2D eigenvalue weighted by Crippen LogP contribution is -2.24. The standard InChI is InChI=1S/C13H20FNO/c1-11(2)15-7-4-8-16-10-12-5-3-6-13(14)9-12/h3,5-6,9,11,15H,4,7-8,10H2,1-2H3. The lowest BCUT2D eigenvalue weighted by molar-refractivity contribution is 0.118. The summed E-state index contributed by atoms with van der Waals surface area (Å²) in [6.07, 6.45) is 0.980. The van der Waals surface area contributed by atoms with Crippen molar-refractivity contribution >= 4 is 0 Å². The maximum Gasteiger partial charge on any atom is 0.123 e. The fourth-order valence-electron chi connectivity index (χ4n) is 1.38. The van der Waals surface area contributed by atoms with E-state index in [1.165, 1.54) is 12.1 Å². The molecule has 0 unspecified atom stereocenters. The molecule has 1 aromatic rings. The van der Waals surface area contributed by atoms with Gasteiger partial charge in [0.15, 0.2) is 0 Å². The van der Waals surface area contributed by atoms with Crippen LogP contribution in [0.4, 0.5) is 4.39 Å². The minimum absolute atomic E-state index is 0.206. The molecule has 1 aromatic carbocycles. The van der Waals surface area contributed by atoms with Crippen LogP contribution in [0.5, 0.6) is 0 Å². The van der Waals surface area contributed by atoms with Gasteiger partial charge < -0.3 is 10.1 Å². The zero-order valence-electron chi connectivity index (χ0n) is 10.0. The van der Waals surface area contributed by atoms with Crippen molar-refractivity contribution in [3.8, 4) is 0 Å². The summed E-state index contributed by atoms with van der Waals surface area (Å²) >= 11 is 0. The molecule has 0 bridgehead atoms. The van der Waals surface area contributed by atoms with Crippen LogP contribution in [0.2, 0.25) is 0 Å². The molecule has 0 fully saturated rings. The fraction of sp³-hybridized carbons (Fsp3) is 0.538. The van der Waals surface area contributed by atoms with E-state index in [2.05, 4.69) is 19.2 Å². The Balaban J connectivity index is 2.07. The van der Waals surface area contributed by atoms with Gasteiger partial charge >= 0.3 is 0 Å². The van der Waals surface area contributed by atoms with Crippen LogP contribution in [0.1, 0.15) is 25.8 Å². The minimum atomic E-state index is -0.206. The van der Waals surface area contributed by atoms with Gasteiger partial charge in [-0.05, 0) is 30.7 Å². The van der Waals surface area contributed by atoms with Gasteiger partial charge in [-0.2, -0.15) is 0 Å². The summed E-state index contributed by atoms with van der Waals surface area (Å²) in [5.41, 5.74) is 0.886. The maximum atomic E-state index is 12.8. The Morgan fingerprint density at radius 2 is 2.19 bits per heavy atom. The fourth-order valence-corrected chi connectivity index (χ4v) is 1.38. The zero-order valence-corrected chi connectivity index (χ0v) is 10.0. The molecule has 3 heteroatoms. The highest BCUT2D eigenvalue weighted by molar-refractivity contribution is 5.15. The maximum absolute atomic E-state index is 12.8. The number of halogens is 1. The van der Waals surface area contributed by atoms with Crippen LogP contribution in [-0.2, 0) is 11.3 Å². The first-order valence-electron chi connectivity index (χ1n) is 5.74. The molecule has 2 nitrogen and oxygen atoms in total. The number of hydrogen-bond donors (Lipinski definition) is 1. The van der Waals surface area contributed by atoms with E-state index >= 15 is 0 Å². The normalized spacial score (nSPS) is 11.0. The molecule has 0 heterocycles. The first-order chi connectivity index (χ1) is 7.68. The Hall–Kier alpha value is -0.930. The van der Waals surface area contributed by atoms with E-state index in [9.17, 15) is 4.39 Å². The van der Waals surface area contributed by atoms with E-state index in [1.54, 1.807) is 6.07 Å². The average Bonchev–Trinajstić information content (AvgIpc) is 2.23. The van der Waals surface area contributed by atoms with Gasteiger partial charge in [-0.15, -0.1) is 0 Å². The molecule has 0 spiro atoms. The molecular weight excluding hydrogens is 205 g/mol. The van der Waals surface area contributed by atoms with E-state index in [-0.39, 0.29) is 5.82 Å². The first-order valence-corrected chi connectivity index (χ1v) is 5.74. The molecule has 0 aliphatic carbocycles. The molecule has 0 amide bonds. The monoisotopic (exact) mass is 225 g/mol. The van der Waals surface area contributed by atoms with Crippen molar-refractivity contribution in [3.05, 3.63) is 35.6 Å². The lowest BCUT2D eigenvalue weighted by atomic mass is 10.2. The smallest absolute Gasteiger partial charge is 0.123 e. The van der Waals surface area contributed by atoms with Crippen molar-refractivity contribution in [2.75, 3.05) is 13.2 Å². The first kappa shape index (κ1) is 13.1. The van der Waals surface area contributed by atoms with E-state index in [0.29, 0.717) is 19.3 Å². The molecule has 0 aliphatic heterocycles. The second-order valence-corrected chi connectivity index (χ2v) is 4.14. The number of benzene rings is 1. The molecule has 0 radical (unpaired) electrons. The summed E-state index contributed by atoms with van der Waals surface area (Å²) in [5.74, 6) is -0.206. The summed E-state index contributed by atoms with van der Waals surface area (Å²) < 4.78 is 18.3. The van der Waals surface area contributed by atoms with Gasteiger partial charge in [-0.25, -0.2) is 4.39 Å². The quantitative estimate of drug-likeness (QED) is 0.720. The Morgan fingerprint density at radius 1 is 1.38 bits per heavy atom. The molecule has 0 aromatic heterocycles. The second kappa shape index (κ2) is 7.36. The van der Waals surface area contributed by atoms with E-state index in [4.69, 9.17) is 4.74 Å². The Kier molecular flexibility index (Phi) is 6.04. The van der Waals surface area contributed by atoms with Crippen molar-refractivity contribution in [3.63, 3.8) is 0 Å². The molecule has 16 heavy (non-hydrogen) atoms. The topological polar surface area (TPSA) is 21.3 Å². The van der Waals surface area contributed by atoms with Gasteiger partial charge in [0.2, 0.25) is 0 Å². The molecule has 1 N–H and O–H groups in total. The summed E-state index contributed by atoms with van der Waals surface area (Å²) in [6.45, 7) is 6.39. The number of hydrogen-bond acceptors (Lipinski definition) is 2. The third-order valence-electron chi connectivity index (χ3n) is 2.18. The molecule has 1 rings (SSSR count). The summed E-state index contributed by atoms with van der Waals surface area (Å²) in [6, 6.07) is 7.04. The van der Waals surface area contributed by atoms with Crippen molar-refractivity contribution < 1.29 is 9.13 Å². The summed E-state index contributed by atoms with van der Waals surface area (Å²) in [4.78, 5) is 0. The van der Waals surface area contributed by atoms with Gasteiger partial charge in [0.05, 0.1) is 6.61 Å². The van der Waals surface area contributed by atoms with Crippen LogP contribution in [0, 0.1) is 5.82 Å². The summed E-state index contributed by atoms with van der Waals surface area (Å²) in [7, 11) is 0. The Bertz CT molecular complexity index is 302. The highest BCUT2D eigenvalue weighted by Crippen LogP contribution is 2.04. The van der Waals surface area contributed by atoms with Crippen molar-refractivity contribution in [2.45, 2.75) is 32.9 Å². The number of rotatable bonds is 7. The molecule has 0 atom stereocenters. The third kappa shape index (κ3) is 5.83. The predicted molar refractivity (Wildman–Crippen MR) is 63.8 cm³/mol. The number of nitrogens with one attached hydrogen (secondary N) is 1. The molecular formula is C13H20FNO. The SMILES string of the molecule is CC(C)NCCCOCc1cccc(F)c1. The van der Waals surface area contributed by atoms with Crippen molar-refractivity contribution in [1.82, 2.24) is 5.32 Å². The van der Waals surface area contributed by atoms with Crippen LogP contribution in [-0.4, -0.2) is 19.2 Å².